The summed E-state index contributed by atoms with van der Waals surface area (Å²) in [5.41, 5.74) is 2.40. The number of ether oxygens (including phenoxy) is 1. The van der Waals surface area contributed by atoms with E-state index in [0.29, 0.717) is 5.75 Å². The third-order valence-corrected chi connectivity index (χ3v) is 5.84. The van der Waals surface area contributed by atoms with Crippen LogP contribution < -0.4 is 14.8 Å². The molecule has 0 aromatic heterocycles. The third kappa shape index (κ3) is 4.46. The standard InChI is InChI=1S/C17H19ClN2O3S.ClH/c1-23-17-7-6-13(10-15(17)18)24(21,22)20-11-16-14-5-3-2-4-12(14)8-9-19-16;/h2-7,10,16,19-20H,8-9,11H2,1H3;1H. The van der Waals surface area contributed by atoms with Gasteiger partial charge in [-0.15, -0.1) is 12.4 Å². The molecule has 0 radical (unpaired) electrons. The molecule has 1 heterocycles. The number of nitrogens with one attached hydrogen (secondary N) is 2. The van der Waals surface area contributed by atoms with E-state index in [4.69, 9.17) is 16.3 Å². The van der Waals surface area contributed by atoms with Gasteiger partial charge in [-0.3, -0.25) is 0 Å². The van der Waals surface area contributed by atoms with E-state index in [2.05, 4.69) is 16.1 Å². The second-order valence-electron chi connectivity index (χ2n) is 5.60. The van der Waals surface area contributed by atoms with Crippen molar-refractivity contribution in [3.05, 3.63) is 58.6 Å². The molecule has 2 N–H and O–H groups in total. The predicted molar refractivity (Wildman–Crippen MR) is 101 cm³/mol. The van der Waals surface area contributed by atoms with Crippen molar-refractivity contribution < 1.29 is 13.2 Å². The highest BCUT2D eigenvalue weighted by Gasteiger charge is 2.22. The lowest BCUT2D eigenvalue weighted by molar-refractivity contribution is 0.414. The molecule has 0 saturated carbocycles. The van der Waals surface area contributed by atoms with E-state index in [9.17, 15) is 8.42 Å². The van der Waals surface area contributed by atoms with Crippen LogP contribution in [-0.4, -0.2) is 28.6 Å². The van der Waals surface area contributed by atoms with Crippen molar-refractivity contribution in [2.45, 2.75) is 17.4 Å². The molecule has 1 unspecified atom stereocenters. The van der Waals surface area contributed by atoms with Gasteiger partial charge in [-0.2, -0.15) is 0 Å². The Morgan fingerprint density at radius 2 is 2.04 bits per heavy atom. The fraction of sp³-hybridized carbons (Fsp3) is 0.294. The molecule has 136 valence electrons. The molecule has 0 aliphatic carbocycles. The molecule has 3 rings (SSSR count). The Morgan fingerprint density at radius 3 is 2.76 bits per heavy atom. The molecule has 1 atom stereocenters. The molecular formula is C17H20Cl2N2O3S. The normalized spacial score (nSPS) is 16.6. The Hall–Kier alpha value is -1.31. The van der Waals surface area contributed by atoms with E-state index in [1.54, 1.807) is 6.07 Å². The number of rotatable bonds is 5. The summed E-state index contributed by atoms with van der Waals surface area (Å²) in [5.74, 6) is 0.443. The van der Waals surface area contributed by atoms with Crippen LogP contribution in [0.25, 0.3) is 0 Å². The molecule has 0 bridgehead atoms. The summed E-state index contributed by atoms with van der Waals surface area (Å²) in [5, 5.41) is 3.62. The van der Waals surface area contributed by atoms with Gasteiger partial charge >= 0.3 is 0 Å². The van der Waals surface area contributed by atoms with Gasteiger partial charge in [-0.1, -0.05) is 35.9 Å². The van der Waals surface area contributed by atoms with E-state index in [1.165, 1.54) is 24.8 Å². The second kappa shape index (κ2) is 8.38. The van der Waals surface area contributed by atoms with Crippen molar-refractivity contribution in [3.63, 3.8) is 0 Å². The van der Waals surface area contributed by atoms with Gasteiger partial charge in [0.15, 0.2) is 0 Å². The van der Waals surface area contributed by atoms with E-state index in [1.807, 2.05) is 18.2 Å². The molecule has 0 saturated heterocycles. The van der Waals surface area contributed by atoms with Gasteiger partial charge < -0.3 is 10.1 Å². The minimum atomic E-state index is -3.64. The topological polar surface area (TPSA) is 67.4 Å². The molecule has 0 amide bonds. The number of fused-ring (bicyclic) bond motifs is 1. The smallest absolute Gasteiger partial charge is 0.240 e. The first-order valence-corrected chi connectivity index (χ1v) is 9.52. The molecule has 5 nitrogen and oxygen atoms in total. The zero-order valence-corrected chi connectivity index (χ0v) is 16.0. The first-order valence-electron chi connectivity index (χ1n) is 7.65. The average molecular weight is 403 g/mol. The first kappa shape index (κ1) is 20.0. The van der Waals surface area contributed by atoms with Crippen LogP contribution in [0.3, 0.4) is 0 Å². The molecular weight excluding hydrogens is 383 g/mol. The third-order valence-electron chi connectivity index (χ3n) is 4.13. The van der Waals surface area contributed by atoms with Crippen molar-refractivity contribution in [2.24, 2.45) is 0 Å². The van der Waals surface area contributed by atoms with Crippen molar-refractivity contribution >= 4 is 34.0 Å². The van der Waals surface area contributed by atoms with Gasteiger partial charge in [-0.25, -0.2) is 13.1 Å². The minimum absolute atomic E-state index is 0. The van der Waals surface area contributed by atoms with E-state index < -0.39 is 10.0 Å². The summed E-state index contributed by atoms with van der Waals surface area (Å²) >= 11 is 6.02. The lowest BCUT2D eigenvalue weighted by Crippen LogP contribution is -2.38. The molecule has 1 aliphatic rings. The van der Waals surface area contributed by atoms with E-state index in [-0.39, 0.29) is 34.9 Å². The van der Waals surface area contributed by atoms with Gasteiger partial charge in [0.2, 0.25) is 10.0 Å². The highest BCUT2D eigenvalue weighted by Crippen LogP contribution is 2.27. The maximum atomic E-state index is 12.5. The van der Waals surface area contributed by atoms with Gasteiger partial charge in [0.1, 0.15) is 5.75 Å². The van der Waals surface area contributed by atoms with Crippen LogP contribution >= 0.6 is 24.0 Å². The van der Waals surface area contributed by atoms with Crippen molar-refractivity contribution in [3.8, 4) is 5.75 Å². The summed E-state index contributed by atoms with van der Waals surface area (Å²) in [4.78, 5) is 0.123. The molecule has 0 spiro atoms. The molecule has 0 fully saturated rings. The fourth-order valence-corrected chi connectivity index (χ4v) is 4.26. The summed E-state index contributed by atoms with van der Waals surface area (Å²) in [6.07, 6.45) is 0.952. The average Bonchev–Trinajstić information content (AvgIpc) is 2.60. The Balaban J connectivity index is 0.00000225. The number of methoxy groups -OCH3 is 1. The van der Waals surface area contributed by atoms with Gasteiger partial charge in [0, 0.05) is 12.6 Å². The van der Waals surface area contributed by atoms with E-state index in [0.717, 1.165) is 18.5 Å². The number of hydrogen-bond acceptors (Lipinski definition) is 4. The Kier molecular flexibility index (Phi) is 6.71. The number of halogens is 2. The molecule has 25 heavy (non-hydrogen) atoms. The fourth-order valence-electron chi connectivity index (χ4n) is 2.87. The lowest BCUT2D eigenvalue weighted by Gasteiger charge is -2.27. The Morgan fingerprint density at radius 1 is 1.28 bits per heavy atom. The van der Waals surface area contributed by atoms with Crippen LogP contribution in [0, 0.1) is 0 Å². The van der Waals surface area contributed by atoms with Crippen molar-refractivity contribution in [2.75, 3.05) is 20.2 Å². The summed E-state index contributed by atoms with van der Waals surface area (Å²) in [6, 6.07) is 12.5. The molecule has 8 heteroatoms. The molecule has 2 aromatic rings. The molecule has 2 aromatic carbocycles. The largest absolute Gasteiger partial charge is 0.495 e. The van der Waals surface area contributed by atoms with Gasteiger partial charge in [-0.05, 0) is 42.3 Å². The van der Waals surface area contributed by atoms with Crippen molar-refractivity contribution in [1.82, 2.24) is 10.0 Å². The quantitative estimate of drug-likeness (QED) is 0.806. The molecule has 1 aliphatic heterocycles. The number of hydrogen-bond donors (Lipinski definition) is 2. The van der Waals surface area contributed by atoms with Crippen LogP contribution in [0.15, 0.2) is 47.4 Å². The van der Waals surface area contributed by atoms with Crippen LogP contribution in [0.4, 0.5) is 0 Å². The van der Waals surface area contributed by atoms with Crippen LogP contribution in [0.5, 0.6) is 5.75 Å². The van der Waals surface area contributed by atoms with Crippen LogP contribution in [0.1, 0.15) is 17.2 Å². The number of benzene rings is 2. The predicted octanol–water partition coefficient (Wildman–Crippen LogP) is 2.94. The van der Waals surface area contributed by atoms with Crippen molar-refractivity contribution in [1.29, 1.82) is 0 Å². The second-order valence-corrected chi connectivity index (χ2v) is 7.78. The maximum absolute atomic E-state index is 12.5. The SMILES string of the molecule is COc1ccc(S(=O)(=O)NCC2NCCc3ccccc32)cc1Cl.Cl. The zero-order chi connectivity index (χ0) is 17.2. The highest BCUT2D eigenvalue weighted by atomic mass is 35.5. The Labute approximate surface area is 159 Å². The van der Waals surface area contributed by atoms with Crippen LogP contribution in [0.2, 0.25) is 5.02 Å². The maximum Gasteiger partial charge on any atom is 0.240 e. The summed E-state index contributed by atoms with van der Waals surface area (Å²) in [7, 11) is -2.15. The van der Waals surface area contributed by atoms with Gasteiger partial charge in [0.05, 0.1) is 17.0 Å². The highest BCUT2D eigenvalue weighted by molar-refractivity contribution is 7.89. The number of sulfonamides is 1. The van der Waals surface area contributed by atoms with E-state index >= 15 is 0 Å². The summed E-state index contributed by atoms with van der Waals surface area (Å²) in [6.45, 7) is 1.11. The van der Waals surface area contributed by atoms with Crippen LogP contribution in [-0.2, 0) is 16.4 Å². The van der Waals surface area contributed by atoms with Gasteiger partial charge in [0.25, 0.3) is 0 Å². The minimum Gasteiger partial charge on any atom is -0.495 e. The zero-order valence-electron chi connectivity index (χ0n) is 13.7. The first-order chi connectivity index (χ1) is 11.5. The summed E-state index contributed by atoms with van der Waals surface area (Å²) < 4.78 is 32.7. The Bertz CT molecular complexity index is 844. The lowest BCUT2D eigenvalue weighted by atomic mass is 9.95. The monoisotopic (exact) mass is 402 g/mol.